The molecule has 2 unspecified atom stereocenters. The molecule has 1 rings (SSSR count). The molecule has 1 aliphatic heterocycles. The number of hydrogen-bond donors (Lipinski definition) is 2. The molecule has 6 nitrogen and oxygen atoms in total. The van der Waals surface area contributed by atoms with Gasteiger partial charge >= 0.3 is 6.09 Å². The zero-order valence-electron chi connectivity index (χ0n) is 18.8. The van der Waals surface area contributed by atoms with Gasteiger partial charge in [-0.05, 0) is 46.1 Å². The van der Waals surface area contributed by atoms with E-state index in [1.54, 1.807) is 20.8 Å². The molecule has 0 aliphatic carbocycles. The number of rotatable bonds is 5. The lowest BCUT2D eigenvalue weighted by molar-refractivity contribution is 0.0600. The number of carbonyl (C=O) groups is 1. The van der Waals surface area contributed by atoms with Crippen molar-refractivity contribution in [3.05, 3.63) is 0 Å². The molecule has 1 aliphatic rings. The summed E-state index contributed by atoms with van der Waals surface area (Å²) in [6, 6.07) is 0.631. The fourth-order valence-corrected chi connectivity index (χ4v) is 2.73. The Bertz CT molecular complexity index is 348. The van der Waals surface area contributed by atoms with Gasteiger partial charge in [0.25, 0.3) is 0 Å². The second-order valence-electron chi connectivity index (χ2n) is 8.22. The van der Waals surface area contributed by atoms with E-state index < -0.39 is 11.7 Å². The number of nitrogens with zero attached hydrogens (tertiary/aromatic N) is 2. The van der Waals surface area contributed by atoms with Crippen LogP contribution in [0.4, 0.5) is 4.79 Å². The van der Waals surface area contributed by atoms with Gasteiger partial charge in [-0.1, -0.05) is 34.6 Å². The largest absolute Gasteiger partial charge is 0.444 e. The molecule has 1 saturated heterocycles. The van der Waals surface area contributed by atoms with Crippen molar-refractivity contribution in [1.29, 1.82) is 0 Å². The molecule has 0 spiro atoms. The molecule has 158 valence electrons. The first kappa shape index (κ1) is 27.4. The molecule has 1 heterocycles. The van der Waals surface area contributed by atoms with Gasteiger partial charge in [-0.15, -0.1) is 0 Å². The maximum Gasteiger partial charge on any atom is 0.405 e. The standard InChI is InChI=1S/C13H29N3.C5H11NO2.C2H6/c1-11(2)10-15-5-7-16(8-6-15)13(4)12(3)9-14;1-5(2,3)8-4(6)7;1-2/h11-13H,5-10,14H2,1-4H3;1-3H3,(H2,6,7);1-2H3. The molecule has 6 heteroatoms. The predicted molar refractivity (Wildman–Crippen MR) is 112 cm³/mol. The molecule has 1 fully saturated rings. The zero-order chi connectivity index (χ0) is 20.9. The van der Waals surface area contributed by atoms with Crippen LogP contribution in [0.1, 0.15) is 62.3 Å². The van der Waals surface area contributed by atoms with Crippen molar-refractivity contribution < 1.29 is 9.53 Å². The van der Waals surface area contributed by atoms with Crippen molar-refractivity contribution in [2.24, 2.45) is 23.3 Å². The maximum absolute atomic E-state index is 10.0. The maximum atomic E-state index is 10.0. The number of primary amides is 1. The highest BCUT2D eigenvalue weighted by atomic mass is 16.6. The van der Waals surface area contributed by atoms with E-state index in [0.29, 0.717) is 12.0 Å². The Balaban J connectivity index is 0. The highest BCUT2D eigenvalue weighted by Gasteiger charge is 2.23. The Morgan fingerprint density at radius 1 is 1.04 bits per heavy atom. The van der Waals surface area contributed by atoms with Crippen molar-refractivity contribution in [3.63, 3.8) is 0 Å². The van der Waals surface area contributed by atoms with E-state index in [4.69, 9.17) is 11.5 Å². The minimum atomic E-state index is -0.725. The lowest BCUT2D eigenvalue weighted by atomic mass is 10.0. The molecular weight excluding hydrogens is 328 g/mol. The third-order valence-corrected chi connectivity index (χ3v) is 4.21. The number of piperazine rings is 1. The van der Waals surface area contributed by atoms with Crippen molar-refractivity contribution in [2.45, 2.75) is 74.0 Å². The van der Waals surface area contributed by atoms with Gasteiger partial charge in [-0.2, -0.15) is 0 Å². The summed E-state index contributed by atoms with van der Waals surface area (Å²) in [5, 5.41) is 0. The summed E-state index contributed by atoms with van der Waals surface area (Å²) in [5.41, 5.74) is 10.0. The molecule has 0 aromatic carbocycles. The topological polar surface area (TPSA) is 84.8 Å². The molecule has 0 bridgehead atoms. The molecular formula is C20H46N4O2. The van der Waals surface area contributed by atoms with Crippen LogP contribution in [0.25, 0.3) is 0 Å². The van der Waals surface area contributed by atoms with Gasteiger partial charge in [0.05, 0.1) is 0 Å². The van der Waals surface area contributed by atoms with Crippen LogP contribution in [0.5, 0.6) is 0 Å². The summed E-state index contributed by atoms with van der Waals surface area (Å²) in [5.74, 6) is 1.39. The van der Waals surface area contributed by atoms with E-state index in [-0.39, 0.29) is 0 Å². The van der Waals surface area contributed by atoms with Crippen LogP contribution < -0.4 is 11.5 Å². The molecule has 0 radical (unpaired) electrons. The Hall–Kier alpha value is -0.850. The molecule has 26 heavy (non-hydrogen) atoms. The normalized spacial score (nSPS) is 18.1. The van der Waals surface area contributed by atoms with Gasteiger partial charge < -0.3 is 21.1 Å². The predicted octanol–water partition coefficient (Wildman–Crippen LogP) is 3.15. The average molecular weight is 375 g/mol. The molecule has 0 aromatic heterocycles. The first-order valence-corrected chi connectivity index (χ1v) is 10.1. The SMILES string of the molecule is CC.CC(C)(C)OC(N)=O.CC(C)CN1CCN(C(C)C(C)CN)CC1. The van der Waals surface area contributed by atoms with E-state index >= 15 is 0 Å². The third-order valence-electron chi connectivity index (χ3n) is 4.21. The van der Waals surface area contributed by atoms with Crippen molar-refractivity contribution in [1.82, 2.24) is 9.80 Å². The summed E-state index contributed by atoms with van der Waals surface area (Å²) < 4.78 is 4.58. The van der Waals surface area contributed by atoms with E-state index in [9.17, 15) is 4.79 Å². The summed E-state index contributed by atoms with van der Waals surface area (Å²) in [7, 11) is 0. The number of amides is 1. The molecule has 1 amide bonds. The summed E-state index contributed by atoms with van der Waals surface area (Å²) in [6.07, 6.45) is -0.725. The Kier molecular flexibility index (Phi) is 15.0. The Labute approximate surface area is 162 Å². The minimum absolute atomic E-state index is 0.453. The van der Waals surface area contributed by atoms with Crippen LogP contribution in [0, 0.1) is 11.8 Å². The quantitative estimate of drug-likeness (QED) is 0.772. The number of nitrogens with two attached hydrogens (primary N) is 2. The van der Waals surface area contributed by atoms with Gasteiger partial charge in [-0.3, -0.25) is 4.90 Å². The average Bonchev–Trinajstić information content (AvgIpc) is 2.53. The van der Waals surface area contributed by atoms with Crippen LogP contribution in [-0.2, 0) is 4.74 Å². The first-order chi connectivity index (χ1) is 12.0. The van der Waals surface area contributed by atoms with Crippen LogP contribution in [0.2, 0.25) is 0 Å². The van der Waals surface area contributed by atoms with Crippen molar-refractivity contribution >= 4 is 6.09 Å². The second kappa shape index (κ2) is 14.2. The molecule has 4 N–H and O–H groups in total. The zero-order valence-corrected chi connectivity index (χ0v) is 18.8. The summed E-state index contributed by atoms with van der Waals surface area (Å²) in [6.45, 7) is 25.4. The van der Waals surface area contributed by atoms with Crippen LogP contribution in [0.15, 0.2) is 0 Å². The van der Waals surface area contributed by atoms with Crippen LogP contribution >= 0.6 is 0 Å². The van der Waals surface area contributed by atoms with E-state index in [2.05, 4.69) is 42.2 Å². The summed E-state index contributed by atoms with van der Waals surface area (Å²) >= 11 is 0. The third kappa shape index (κ3) is 14.3. The first-order valence-electron chi connectivity index (χ1n) is 10.1. The molecule has 0 aromatic rings. The van der Waals surface area contributed by atoms with Gasteiger partial charge in [0.2, 0.25) is 0 Å². The van der Waals surface area contributed by atoms with Gasteiger partial charge in [0, 0.05) is 38.8 Å². The Morgan fingerprint density at radius 2 is 1.50 bits per heavy atom. The van der Waals surface area contributed by atoms with E-state index in [0.717, 1.165) is 12.5 Å². The lowest BCUT2D eigenvalue weighted by Gasteiger charge is -2.40. The number of ether oxygens (including phenoxy) is 1. The summed E-state index contributed by atoms with van der Waals surface area (Å²) in [4.78, 5) is 15.2. The highest BCUT2D eigenvalue weighted by Crippen LogP contribution is 2.13. The van der Waals surface area contributed by atoms with E-state index in [1.165, 1.54) is 32.7 Å². The highest BCUT2D eigenvalue weighted by molar-refractivity contribution is 5.65. The molecule has 0 saturated carbocycles. The minimum Gasteiger partial charge on any atom is -0.444 e. The lowest BCUT2D eigenvalue weighted by Crippen LogP contribution is -2.52. The van der Waals surface area contributed by atoms with E-state index in [1.807, 2.05) is 13.8 Å². The second-order valence-corrected chi connectivity index (χ2v) is 8.22. The number of hydrogen-bond acceptors (Lipinski definition) is 5. The smallest absolute Gasteiger partial charge is 0.405 e. The van der Waals surface area contributed by atoms with Crippen molar-refractivity contribution in [2.75, 3.05) is 39.3 Å². The fourth-order valence-electron chi connectivity index (χ4n) is 2.73. The number of carbonyl (C=O) groups excluding carboxylic acids is 1. The van der Waals surface area contributed by atoms with Gasteiger partial charge in [0.1, 0.15) is 5.60 Å². The monoisotopic (exact) mass is 374 g/mol. The van der Waals surface area contributed by atoms with Gasteiger partial charge in [-0.25, -0.2) is 4.79 Å². The van der Waals surface area contributed by atoms with Gasteiger partial charge in [0.15, 0.2) is 0 Å². The fraction of sp³-hybridized carbons (Fsp3) is 0.950. The van der Waals surface area contributed by atoms with Crippen LogP contribution in [-0.4, -0.2) is 66.8 Å². The Morgan fingerprint density at radius 3 is 1.77 bits per heavy atom. The molecule has 2 atom stereocenters. The van der Waals surface area contributed by atoms with Crippen LogP contribution in [0.3, 0.4) is 0 Å². The van der Waals surface area contributed by atoms with Crippen molar-refractivity contribution in [3.8, 4) is 0 Å².